The van der Waals surface area contributed by atoms with E-state index >= 15 is 0 Å². The number of para-hydroxylation sites is 1. The Kier molecular flexibility index (Phi) is 8.11. The molecule has 0 saturated carbocycles. The number of benzene rings is 2. The second-order valence-electron chi connectivity index (χ2n) is 8.85. The zero-order valence-electron chi connectivity index (χ0n) is 20.0. The van der Waals surface area contributed by atoms with Gasteiger partial charge in [0.25, 0.3) is 0 Å². The maximum Gasteiger partial charge on any atom is 0.317 e. The van der Waals surface area contributed by atoms with Gasteiger partial charge in [-0.3, -0.25) is 4.90 Å². The summed E-state index contributed by atoms with van der Waals surface area (Å²) in [6, 6.07) is 12.7. The fourth-order valence-electron chi connectivity index (χ4n) is 4.79. The average Bonchev–Trinajstić information content (AvgIpc) is 2.89. The lowest BCUT2D eigenvalue weighted by molar-refractivity contribution is 0.0520. The van der Waals surface area contributed by atoms with Crippen LogP contribution < -0.4 is 19.5 Å². The molecule has 2 amide bonds. The summed E-state index contributed by atoms with van der Waals surface area (Å²) in [7, 11) is 3.20. The summed E-state index contributed by atoms with van der Waals surface area (Å²) in [5.74, 6) is 1.36. The number of likely N-dealkylation sites (tertiary alicyclic amines) is 2. The number of ether oxygens (including phenoxy) is 3. The Morgan fingerprint density at radius 3 is 2.32 bits per heavy atom. The molecule has 2 saturated heterocycles. The first-order chi connectivity index (χ1) is 16.6. The van der Waals surface area contributed by atoms with Gasteiger partial charge in [0.15, 0.2) is 23.1 Å². The number of hydrogen-bond acceptors (Lipinski definition) is 5. The third-order valence-corrected chi connectivity index (χ3v) is 6.77. The molecule has 7 nitrogen and oxygen atoms in total. The predicted molar refractivity (Wildman–Crippen MR) is 128 cm³/mol. The van der Waals surface area contributed by atoms with Crippen molar-refractivity contribution in [2.75, 3.05) is 40.4 Å². The van der Waals surface area contributed by atoms with Crippen molar-refractivity contribution in [1.29, 1.82) is 0 Å². The molecule has 34 heavy (non-hydrogen) atoms. The number of rotatable bonds is 7. The highest BCUT2D eigenvalue weighted by Gasteiger charge is 2.30. The van der Waals surface area contributed by atoms with Gasteiger partial charge in [-0.25, -0.2) is 9.18 Å². The van der Waals surface area contributed by atoms with E-state index in [0.29, 0.717) is 29.8 Å². The second-order valence-corrected chi connectivity index (χ2v) is 8.85. The van der Waals surface area contributed by atoms with Crippen molar-refractivity contribution < 1.29 is 23.4 Å². The van der Waals surface area contributed by atoms with E-state index in [4.69, 9.17) is 14.2 Å². The quantitative estimate of drug-likeness (QED) is 0.660. The molecule has 2 aliphatic heterocycles. The highest BCUT2D eigenvalue weighted by atomic mass is 19.1. The number of methoxy groups -OCH3 is 2. The molecule has 2 aromatic rings. The number of halogens is 1. The summed E-state index contributed by atoms with van der Waals surface area (Å²) in [4.78, 5) is 17.1. The number of urea groups is 1. The molecule has 2 heterocycles. The maximum absolute atomic E-state index is 13.8. The molecule has 8 heteroatoms. The third kappa shape index (κ3) is 5.91. The van der Waals surface area contributed by atoms with Gasteiger partial charge in [-0.15, -0.1) is 0 Å². The largest absolute Gasteiger partial charge is 0.493 e. The van der Waals surface area contributed by atoms with Gasteiger partial charge in [0, 0.05) is 38.8 Å². The number of carbonyl (C=O) groups excluding carboxylic acids is 1. The Bertz CT molecular complexity index is 957. The summed E-state index contributed by atoms with van der Waals surface area (Å²) in [5, 5.41) is 3.02. The van der Waals surface area contributed by atoms with Crippen molar-refractivity contribution in [2.24, 2.45) is 0 Å². The van der Waals surface area contributed by atoms with Crippen LogP contribution in [0, 0.1) is 5.82 Å². The Morgan fingerprint density at radius 1 is 0.941 bits per heavy atom. The number of amides is 2. The summed E-state index contributed by atoms with van der Waals surface area (Å²) >= 11 is 0. The van der Waals surface area contributed by atoms with Gasteiger partial charge in [0.2, 0.25) is 0 Å². The fourth-order valence-corrected chi connectivity index (χ4v) is 4.79. The minimum atomic E-state index is -0.304. The van der Waals surface area contributed by atoms with E-state index < -0.39 is 0 Å². The van der Waals surface area contributed by atoms with E-state index in [1.807, 2.05) is 23.1 Å². The molecule has 4 rings (SSSR count). The minimum Gasteiger partial charge on any atom is -0.493 e. The van der Waals surface area contributed by atoms with E-state index in [-0.39, 0.29) is 18.0 Å². The first-order valence-corrected chi connectivity index (χ1v) is 12.0. The molecular weight excluding hydrogens is 437 g/mol. The van der Waals surface area contributed by atoms with E-state index in [1.54, 1.807) is 32.4 Å². The lowest BCUT2D eigenvalue weighted by Gasteiger charge is -2.41. The van der Waals surface area contributed by atoms with Crippen LogP contribution in [0.4, 0.5) is 9.18 Å². The summed E-state index contributed by atoms with van der Waals surface area (Å²) in [5.41, 5.74) is 0.960. The van der Waals surface area contributed by atoms with Crippen molar-refractivity contribution in [3.63, 3.8) is 0 Å². The first kappa shape index (κ1) is 24.1. The lowest BCUT2D eigenvalue weighted by Crippen LogP contribution is -2.51. The molecule has 1 N–H and O–H groups in total. The van der Waals surface area contributed by atoms with Gasteiger partial charge < -0.3 is 24.4 Å². The topological polar surface area (TPSA) is 63.3 Å². The van der Waals surface area contributed by atoms with Gasteiger partial charge >= 0.3 is 6.03 Å². The van der Waals surface area contributed by atoms with Crippen LogP contribution in [0.2, 0.25) is 0 Å². The molecule has 0 aromatic heterocycles. The number of hydrogen-bond donors (Lipinski definition) is 1. The number of nitrogens with zero attached hydrogens (tertiary/aromatic N) is 2. The number of piperidine rings is 2. The van der Waals surface area contributed by atoms with Gasteiger partial charge in [-0.1, -0.05) is 18.2 Å². The van der Waals surface area contributed by atoms with E-state index in [1.165, 1.54) is 6.07 Å². The molecule has 2 aliphatic rings. The molecule has 2 aromatic carbocycles. The fraction of sp³-hybridized carbons (Fsp3) is 0.500. The van der Waals surface area contributed by atoms with Crippen LogP contribution in [0.5, 0.6) is 17.2 Å². The summed E-state index contributed by atoms with van der Waals surface area (Å²) < 4.78 is 30.3. The Labute approximate surface area is 200 Å². The van der Waals surface area contributed by atoms with Crippen molar-refractivity contribution >= 4 is 6.03 Å². The first-order valence-electron chi connectivity index (χ1n) is 12.0. The zero-order chi connectivity index (χ0) is 23.9. The van der Waals surface area contributed by atoms with Gasteiger partial charge in [0.05, 0.1) is 14.2 Å². The smallest absolute Gasteiger partial charge is 0.317 e. The summed E-state index contributed by atoms with van der Waals surface area (Å²) in [6.45, 7) is 3.81. The number of carbonyl (C=O) groups is 1. The molecule has 0 spiro atoms. The standard InChI is InChI=1S/C26H34FN3O4/c1-32-24-8-7-19(17-25(24)33-2)18-28-26(31)30-13-9-20(10-14-30)29-15-11-21(12-16-29)34-23-6-4-3-5-22(23)27/h3-8,17,20-21H,9-16,18H2,1-2H3,(H,28,31). The SMILES string of the molecule is COc1ccc(CNC(=O)N2CCC(N3CCC(Oc4ccccc4F)CC3)CC2)cc1OC. The van der Waals surface area contributed by atoms with Crippen molar-refractivity contribution in [3.05, 3.63) is 53.8 Å². The average molecular weight is 472 g/mol. The zero-order valence-corrected chi connectivity index (χ0v) is 20.0. The van der Waals surface area contributed by atoms with Crippen LogP contribution in [0.3, 0.4) is 0 Å². The van der Waals surface area contributed by atoms with E-state index in [0.717, 1.165) is 57.4 Å². The molecule has 184 valence electrons. The van der Waals surface area contributed by atoms with Crippen LogP contribution in [-0.2, 0) is 6.54 Å². The summed E-state index contributed by atoms with van der Waals surface area (Å²) in [6.07, 6.45) is 3.75. The number of nitrogens with one attached hydrogen (secondary N) is 1. The minimum absolute atomic E-state index is 0.0368. The molecule has 0 unspecified atom stereocenters. The van der Waals surface area contributed by atoms with E-state index in [9.17, 15) is 9.18 Å². The Morgan fingerprint density at radius 2 is 1.65 bits per heavy atom. The van der Waals surface area contributed by atoms with Crippen molar-refractivity contribution in [1.82, 2.24) is 15.1 Å². The molecule has 0 bridgehead atoms. The highest BCUT2D eigenvalue weighted by Crippen LogP contribution is 2.28. The normalized spacial score (nSPS) is 17.9. The van der Waals surface area contributed by atoms with Gasteiger partial charge in [0.1, 0.15) is 6.10 Å². The van der Waals surface area contributed by atoms with Crippen molar-refractivity contribution in [2.45, 2.75) is 44.4 Å². The molecular formula is C26H34FN3O4. The van der Waals surface area contributed by atoms with Gasteiger partial charge in [-0.2, -0.15) is 0 Å². The maximum atomic E-state index is 13.8. The Hall–Kier alpha value is -3.00. The molecule has 0 aliphatic carbocycles. The van der Waals surface area contributed by atoms with E-state index in [2.05, 4.69) is 10.2 Å². The van der Waals surface area contributed by atoms with Crippen molar-refractivity contribution in [3.8, 4) is 17.2 Å². The molecule has 0 atom stereocenters. The van der Waals surface area contributed by atoms with Crippen LogP contribution >= 0.6 is 0 Å². The van der Waals surface area contributed by atoms with Crippen LogP contribution in [-0.4, -0.2) is 68.4 Å². The highest BCUT2D eigenvalue weighted by molar-refractivity contribution is 5.74. The predicted octanol–water partition coefficient (Wildman–Crippen LogP) is 4.06. The Balaban J connectivity index is 1.19. The lowest BCUT2D eigenvalue weighted by atomic mass is 9.99. The molecule has 0 radical (unpaired) electrons. The monoisotopic (exact) mass is 471 g/mol. The van der Waals surface area contributed by atoms with Crippen LogP contribution in [0.1, 0.15) is 31.2 Å². The third-order valence-electron chi connectivity index (χ3n) is 6.77. The van der Waals surface area contributed by atoms with Gasteiger partial charge in [-0.05, 0) is 55.5 Å². The molecule has 2 fully saturated rings. The van der Waals surface area contributed by atoms with Crippen LogP contribution in [0.15, 0.2) is 42.5 Å². The van der Waals surface area contributed by atoms with Crippen LogP contribution in [0.25, 0.3) is 0 Å². The second kappa shape index (κ2) is 11.4.